The molecule has 1 atom stereocenters. The van der Waals surface area contributed by atoms with Crippen molar-refractivity contribution in [3.8, 4) is 5.75 Å². The van der Waals surface area contributed by atoms with Crippen molar-refractivity contribution in [2.45, 2.75) is 24.3 Å². The zero-order valence-corrected chi connectivity index (χ0v) is 20.0. The molecular weight excluding hydrogens is 470 g/mol. The molecule has 1 aromatic heterocycles. The number of fused-ring (bicyclic) bond motifs is 1. The second-order valence-electron chi connectivity index (χ2n) is 7.88. The first kappa shape index (κ1) is 22.4. The number of sulfonamides is 1. The summed E-state index contributed by atoms with van der Waals surface area (Å²) in [6, 6.07) is 24.7. The number of halogens is 1. The molecule has 1 aliphatic heterocycles. The molecule has 0 bridgehead atoms. The largest absolute Gasteiger partial charge is 0.494 e. The molecule has 4 aromatic rings. The molecule has 3 aromatic carbocycles. The minimum atomic E-state index is -3.92. The van der Waals surface area contributed by atoms with Gasteiger partial charge in [0.05, 0.1) is 28.8 Å². The Morgan fingerprint density at radius 3 is 2.41 bits per heavy atom. The molecule has 0 aliphatic carbocycles. The lowest BCUT2D eigenvalue weighted by atomic mass is 9.99. The van der Waals surface area contributed by atoms with Crippen LogP contribution in [0.4, 0.5) is 0 Å². The molecule has 34 heavy (non-hydrogen) atoms. The van der Waals surface area contributed by atoms with E-state index in [1.165, 1.54) is 4.41 Å². The molecule has 0 N–H and O–H groups in total. The maximum atomic E-state index is 13.6. The highest BCUT2D eigenvalue weighted by molar-refractivity contribution is 7.89. The summed E-state index contributed by atoms with van der Waals surface area (Å²) in [5, 5.41) is 5.66. The number of hydrogen-bond donors (Lipinski definition) is 0. The van der Waals surface area contributed by atoms with Crippen molar-refractivity contribution < 1.29 is 13.2 Å². The topological polar surface area (TPSA) is 71.9 Å². The minimum absolute atomic E-state index is 0.171. The molecule has 0 radical (unpaired) electrons. The van der Waals surface area contributed by atoms with Gasteiger partial charge in [0.2, 0.25) is 0 Å². The van der Waals surface area contributed by atoms with Crippen LogP contribution in [0.25, 0.3) is 10.9 Å². The maximum Gasteiger partial charge on any atom is 0.279 e. The van der Waals surface area contributed by atoms with Gasteiger partial charge in [-0.1, -0.05) is 60.1 Å². The third-order valence-electron chi connectivity index (χ3n) is 5.71. The third kappa shape index (κ3) is 4.13. The van der Waals surface area contributed by atoms with E-state index in [1.54, 1.807) is 30.3 Å². The van der Waals surface area contributed by atoms with Gasteiger partial charge < -0.3 is 4.74 Å². The number of hydrazone groups is 1. The van der Waals surface area contributed by atoms with E-state index in [0.717, 1.165) is 10.9 Å². The van der Waals surface area contributed by atoms with Crippen molar-refractivity contribution in [3.05, 3.63) is 101 Å². The lowest BCUT2D eigenvalue weighted by Gasteiger charge is -2.24. The van der Waals surface area contributed by atoms with Crippen molar-refractivity contribution in [3.63, 3.8) is 0 Å². The number of nitrogens with zero attached hydrogens (tertiary/aromatic N) is 3. The number of hydrogen-bond acceptors (Lipinski definition) is 5. The zero-order chi connectivity index (χ0) is 23.7. The molecule has 1 unspecified atom stereocenters. The lowest BCUT2D eigenvalue weighted by Crippen LogP contribution is -2.27. The molecule has 8 heteroatoms. The quantitative estimate of drug-likeness (QED) is 0.318. The Hall–Kier alpha value is -3.42. The van der Waals surface area contributed by atoms with Gasteiger partial charge in [0.1, 0.15) is 10.9 Å². The summed E-state index contributed by atoms with van der Waals surface area (Å²) in [7, 11) is -3.92. The summed E-state index contributed by atoms with van der Waals surface area (Å²) in [6.07, 6.45) is 0.375. The van der Waals surface area contributed by atoms with Crippen LogP contribution < -0.4 is 4.74 Å². The van der Waals surface area contributed by atoms with Gasteiger partial charge in [-0.25, -0.2) is 4.98 Å². The van der Waals surface area contributed by atoms with Crippen LogP contribution in [0.15, 0.2) is 94.9 Å². The van der Waals surface area contributed by atoms with Crippen molar-refractivity contribution in [1.29, 1.82) is 0 Å². The monoisotopic (exact) mass is 491 g/mol. The van der Waals surface area contributed by atoms with Crippen molar-refractivity contribution in [2.24, 2.45) is 5.10 Å². The first-order valence-electron chi connectivity index (χ1n) is 10.9. The minimum Gasteiger partial charge on any atom is -0.494 e. The highest BCUT2D eigenvalue weighted by Crippen LogP contribution is 2.40. The summed E-state index contributed by atoms with van der Waals surface area (Å²) in [5.41, 5.74) is 2.82. The van der Waals surface area contributed by atoms with Gasteiger partial charge >= 0.3 is 0 Å². The summed E-state index contributed by atoms with van der Waals surface area (Å²) in [4.78, 5) is 4.73. The van der Waals surface area contributed by atoms with E-state index in [2.05, 4.69) is 10.1 Å². The first-order chi connectivity index (χ1) is 16.5. The smallest absolute Gasteiger partial charge is 0.279 e. The highest BCUT2D eigenvalue weighted by Gasteiger charge is 2.39. The molecule has 0 spiro atoms. The molecule has 172 valence electrons. The molecule has 0 amide bonds. The van der Waals surface area contributed by atoms with Crippen LogP contribution in [0.1, 0.15) is 30.5 Å². The molecule has 6 nitrogen and oxygen atoms in total. The number of pyridine rings is 1. The average molecular weight is 492 g/mol. The first-order valence-corrected chi connectivity index (χ1v) is 12.7. The van der Waals surface area contributed by atoms with E-state index in [1.807, 2.05) is 61.5 Å². The lowest BCUT2D eigenvalue weighted by molar-refractivity contribution is 0.340. The van der Waals surface area contributed by atoms with Gasteiger partial charge in [0, 0.05) is 23.4 Å². The Balaban J connectivity index is 1.62. The summed E-state index contributed by atoms with van der Waals surface area (Å²) in [6.45, 7) is 2.46. The van der Waals surface area contributed by atoms with E-state index in [0.29, 0.717) is 35.6 Å². The molecule has 2 heterocycles. The Kier molecular flexibility index (Phi) is 5.98. The Labute approximate surface area is 203 Å². The fourth-order valence-electron chi connectivity index (χ4n) is 4.08. The predicted octanol–water partition coefficient (Wildman–Crippen LogP) is 5.83. The van der Waals surface area contributed by atoms with Crippen molar-refractivity contribution in [2.75, 3.05) is 6.61 Å². The molecule has 0 fully saturated rings. The second-order valence-corrected chi connectivity index (χ2v) is 10.0. The SMILES string of the molecule is CCOc1ccc2cc(C3CC(c4ccccc4)=NN3S(=O)(=O)c3ccccc3)c(Cl)nc2c1. The van der Waals surface area contributed by atoms with E-state index in [9.17, 15) is 8.42 Å². The van der Waals surface area contributed by atoms with Crippen LogP contribution in [0.2, 0.25) is 5.15 Å². The molecule has 0 saturated carbocycles. The Bertz CT molecular complexity index is 1480. The maximum absolute atomic E-state index is 13.6. The normalized spacial score (nSPS) is 16.0. The zero-order valence-electron chi connectivity index (χ0n) is 18.4. The van der Waals surface area contributed by atoms with Crippen LogP contribution in [-0.2, 0) is 10.0 Å². The molecule has 1 aliphatic rings. The van der Waals surface area contributed by atoms with Crippen LogP contribution in [0, 0.1) is 0 Å². The molecule has 0 saturated heterocycles. The fourth-order valence-corrected chi connectivity index (χ4v) is 5.80. The van der Waals surface area contributed by atoms with Crippen LogP contribution in [-0.4, -0.2) is 30.1 Å². The average Bonchev–Trinajstić information content (AvgIpc) is 3.31. The number of ether oxygens (including phenoxy) is 1. The highest BCUT2D eigenvalue weighted by atomic mass is 35.5. The van der Waals surface area contributed by atoms with Crippen LogP contribution in [0.5, 0.6) is 5.75 Å². The van der Waals surface area contributed by atoms with Gasteiger partial charge in [0.25, 0.3) is 10.0 Å². The van der Waals surface area contributed by atoms with Gasteiger partial charge in [-0.3, -0.25) is 0 Å². The van der Waals surface area contributed by atoms with E-state index in [4.69, 9.17) is 16.3 Å². The summed E-state index contributed by atoms with van der Waals surface area (Å²) < 4.78 is 34.0. The third-order valence-corrected chi connectivity index (χ3v) is 7.71. The van der Waals surface area contributed by atoms with Crippen LogP contribution in [0.3, 0.4) is 0 Å². The standard InChI is InChI=1S/C26H22ClN3O3S/c1-2-33-20-14-13-19-15-22(26(27)28-23(19)16-20)25-17-24(18-9-5-3-6-10-18)29-30(25)34(31,32)21-11-7-4-8-12-21/h3-16,25H,2,17H2,1H3. The predicted molar refractivity (Wildman–Crippen MR) is 134 cm³/mol. The molecule has 5 rings (SSSR count). The number of rotatable bonds is 6. The fraction of sp³-hybridized carbons (Fsp3) is 0.154. The summed E-state index contributed by atoms with van der Waals surface area (Å²) >= 11 is 6.64. The Morgan fingerprint density at radius 2 is 1.71 bits per heavy atom. The van der Waals surface area contributed by atoms with E-state index >= 15 is 0 Å². The van der Waals surface area contributed by atoms with Crippen LogP contribution >= 0.6 is 11.6 Å². The van der Waals surface area contributed by atoms with Gasteiger partial charge in [0.15, 0.2) is 0 Å². The van der Waals surface area contributed by atoms with Gasteiger partial charge in [-0.15, -0.1) is 0 Å². The van der Waals surface area contributed by atoms with Gasteiger partial charge in [-0.05, 0) is 42.8 Å². The number of benzene rings is 3. The van der Waals surface area contributed by atoms with Crippen molar-refractivity contribution >= 4 is 38.2 Å². The van der Waals surface area contributed by atoms with E-state index < -0.39 is 16.1 Å². The molecular formula is C26H22ClN3O3S. The van der Waals surface area contributed by atoms with E-state index in [-0.39, 0.29) is 10.0 Å². The Morgan fingerprint density at radius 1 is 1.00 bits per heavy atom. The summed E-state index contributed by atoms with van der Waals surface area (Å²) in [5.74, 6) is 0.704. The second kappa shape index (κ2) is 9.08. The van der Waals surface area contributed by atoms with Crippen molar-refractivity contribution in [1.82, 2.24) is 9.40 Å². The van der Waals surface area contributed by atoms with Gasteiger partial charge in [-0.2, -0.15) is 17.9 Å². The number of aromatic nitrogens is 1.